The number of aromatic nitrogens is 3. The van der Waals surface area contributed by atoms with Gasteiger partial charge in [0.15, 0.2) is 0 Å². The van der Waals surface area contributed by atoms with Gasteiger partial charge in [-0.3, -0.25) is 15.1 Å². The molecule has 0 saturated carbocycles. The standard InChI is InChI=1S/C21H24N4O4S/c1-15(2)20-21(30-18-5-3-4-17(12-18)25(27)28)24(13-16-6-8-22-9-7-16)19(23-20)14-29-11-10-26/h3-9,12,15,26H,10-11,13-14H2,1-2H3. The van der Waals surface area contributed by atoms with Gasteiger partial charge in [0.2, 0.25) is 0 Å². The molecule has 9 heteroatoms. The van der Waals surface area contributed by atoms with Crippen molar-refractivity contribution in [1.29, 1.82) is 0 Å². The van der Waals surface area contributed by atoms with Crippen LogP contribution in [0.1, 0.15) is 36.8 Å². The minimum atomic E-state index is -0.393. The van der Waals surface area contributed by atoms with E-state index in [0.717, 1.165) is 27.0 Å². The van der Waals surface area contributed by atoms with Crippen molar-refractivity contribution in [2.75, 3.05) is 13.2 Å². The lowest BCUT2D eigenvalue weighted by molar-refractivity contribution is -0.385. The summed E-state index contributed by atoms with van der Waals surface area (Å²) in [5.74, 6) is 0.901. The van der Waals surface area contributed by atoms with Crippen molar-refractivity contribution >= 4 is 17.4 Å². The third-order valence-corrected chi connectivity index (χ3v) is 5.48. The topological polar surface area (TPSA) is 103 Å². The van der Waals surface area contributed by atoms with Gasteiger partial charge in [-0.25, -0.2) is 4.98 Å². The van der Waals surface area contributed by atoms with E-state index in [0.29, 0.717) is 6.54 Å². The number of nitro groups is 1. The second-order valence-electron chi connectivity index (χ2n) is 6.95. The highest BCUT2D eigenvalue weighted by Gasteiger charge is 2.21. The van der Waals surface area contributed by atoms with Crippen LogP contribution in [0.25, 0.3) is 0 Å². The predicted octanol–water partition coefficient (Wildman–Crippen LogP) is 4.02. The van der Waals surface area contributed by atoms with Gasteiger partial charge in [-0.2, -0.15) is 0 Å². The van der Waals surface area contributed by atoms with E-state index >= 15 is 0 Å². The molecule has 3 aromatic rings. The van der Waals surface area contributed by atoms with Gasteiger partial charge >= 0.3 is 0 Å². The van der Waals surface area contributed by atoms with E-state index in [1.165, 1.54) is 17.8 Å². The molecule has 2 aromatic heterocycles. The Balaban J connectivity index is 2.03. The Labute approximate surface area is 179 Å². The number of hydrogen-bond acceptors (Lipinski definition) is 7. The fourth-order valence-electron chi connectivity index (χ4n) is 2.93. The van der Waals surface area contributed by atoms with Crippen LogP contribution in [0.4, 0.5) is 5.69 Å². The summed E-state index contributed by atoms with van der Waals surface area (Å²) in [5.41, 5.74) is 2.02. The molecular weight excluding hydrogens is 404 g/mol. The zero-order valence-corrected chi connectivity index (χ0v) is 17.7. The highest BCUT2D eigenvalue weighted by atomic mass is 32.2. The number of rotatable bonds is 10. The Bertz CT molecular complexity index is 992. The van der Waals surface area contributed by atoms with E-state index in [1.807, 2.05) is 18.2 Å². The number of hydrogen-bond donors (Lipinski definition) is 1. The van der Waals surface area contributed by atoms with E-state index in [-0.39, 0.29) is 31.4 Å². The minimum Gasteiger partial charge on any atom is -0.394 e. The van der Waals surface area contributed by atoms with E-state index in [2.05, 4.69) is 23.4 Å². The largest absolute Gasteiger partial charge is 0.394 e. The molecule has 0 atom stereocenters. The van der Waals surface area contributed by atoms with Crippen molar-refractivity contribution < 1.29 is 14.8 Å². The summed E-state index contributed by atoms with van der Waals surface area (Å²) in [5, 5.41) is 21.1. The number of nitrogens with zero attached hydrogens (tertiary/aromatic N) is 4. The van der Waals surface area contributed by atoms with Gasteiger partial charge < -0.3 is 14.4 Å². The number of pyridine rings is 1. The molecule has 3 rings (SSSR count). The van der Waals surface area contributed by atoms with Gasteiger partial charge in [0.1, 0.15) is 17.5 Å². The lowest BCUT2D eigenvalue weighted by Gasteiger charge is -2.13. The van der Waals surface area contributed by atoms with Crippen LogP contribution in [-0.2, 0) is 17.9 Å². The average Bonchev–Trinajstić information content (AvgIpc) is 3.06. The normalized spacial score (nSPS) is 11.2. The van der Waals surface area contributed by atoms with Crippen LogP contribution >= 0.6 is 11.8 Å². The fraction of sp³-hybridized carbons (Fsp3) is 0.333. The van der Waals surface area contributed by atoms with Crippen LogP contribution in [0.2, 0.25) is 0 Å². The molecule has 0 spiro atoms. The molecule has 0 unspecified atom stereocenters. The SMILES string of the molecule is CC(C)c1nc(COCCO)n(Cc2ccncc2)c1Sc1cccc([N+](=O)[O-])c1. The Hall–Kier alpha value is -2.75. The van der Waals surface area contributed by atoms with Gasteiger partial charge in [-0.15, -0.1) is 0 Å². The maximum atomic E-state index is 11.2. The quantitative estimate of drug-likeness (QED) is 0.295. The molecule has 0 aliphatic rings. The third kappa shape index (κ3) is 5.44. The smallest absolute Gasteiger partial charge is 0.270 e. The van der Waals surface area contributed by atoms with E-state index < -0.39 is 4.92 Å². The van der Waals surface area contributed by atoms with Crippen LogP contribution in [0.3, 0.4) is 0 Å². The molecule has 0 amide bonds. The lowest BCUT2D eigenvalue weighted by atomic mass is 10.1. The Morgan fingerprint density at radius 3 is 2.70 bits per heavy atom. The number of benzene rings is 1. The molecule has 0 aliphatic heterocycles. The second-order valence-corrected chi connectivity index (χ2v) is 8.01. The summed E-state index contributed by atoms with van der Waals surface area (Å²) < 4.78 is 7.63. The molecular formula is C21H24N4O4S. The van der Waals surface area contributed by atoms with Crippen LogP contribution in [0.5, 0.6) is 0 Å². The summed E-state index contributed by atoms with van der Waals surface area (Å²) >= 11 is 1.46. The van der Waals surface area contributed by atoms with Crippen molar-refractivity contribution in [3.63, 3.8) is 0 Å². The van der Waals surface area contributed by atoms with Crippen molar-refractivity contribution in [3.8, 4) is 0 Å². The monoisotopic (exact) mass is 428 g/mol. The van der Waals surface area contributed by atoms with Crippen LogP contribution in [0.15, 0.2) is 58.7 Å². The molecule has 0 bridgehead atoms. The summed E-state index contributed by atoms with van der Waals surface area (Å²) in [4.78, 5) is 20.4. The lowest BCUT2D eigenvalue weighted by Crippen LogP contribution is -2.09. The minimum absolute atomic E-state index is 0.0535. The first-order chi connectivity index (χ1) is 14.5. The number of imidazole rings is 1. The van der Waals surface area contributed by atoms with Gasteiger partial charge in [-0.1, -0.05) is 31.7 Å². The molecule has 2 heterocycles. The van der Waals surface area contributed by atoms with E-state index in [9.17, 15) is 10.1 Å². The third-order valence-electron chi connectivity index (χ3n) is 4.37. The second kappa shape index (κ2) is 10.3. The van der Waals surface area contributed by atoms with Crippen LogP contribution in [-0.4, -0.2) is 37.8 Å². The van der Waals surface area contributed by atoms with Gasteiger partial charge in [-0.05, 0) is 29.7 Å². The summed E-state index contributed by atoms with van der Waals surface area (Å²) in [6.45, 7) is 5.13. The van der Waals surface area contributed by atoms with Crippen molar-refractivity contribution in [1.82, 2.24) is 14.5 Å². The van der Waals surface area contributed by atoms with Crippen molar-refractivity contribution in [3.05, 3.63) is 76.0 Å². The molecule has 8 nitrogen and oxygen atoms in total. The van der Waals surface area contributed by atoms with Gasteiger partial charge in [0.05, 0.1) is 30.4 Å². The van der Waals surface area contributed by atoms with Gasteiger partial charge in [0, 0.05) is 29.4 Å². The molecule has 30 heavy (non-hydrogen) atoms. The predicted molar refractivity (Wildman–Crippen MR) is 114 cm³/mol. The highest BCUT2D eigenvalue weighted by Crippen LogP contribution is 2.36. The average molecular weight is 429 g/mol. The molecule has 0 aliphatic carbocycles. The first-order valence-corrected chi connectivity index (χ1v) is 10.4. The molecule has 0 saturated heterocycles. The van der Waals surface area contributed by atoms with E-state index in [4.69, 9.17) is 14.8 Å². The first kappa shape index (κ1) is 21.9. The number of nitro benzene ring substituents is 1. The molecule has 0 fully saturated rings. The zero-order chi connectivity index (χ0) is 21.5. The maximum absolute atomic E-state index is 11.2. The number of non-ortho nitro benzene ring substituents is 1. The van der Waals surface area contributed by atoms with Gasteiger partial charge in [0.25, 0.3) is 5.69 Å². The van der Waals surface area contributed by atoms with Crippen LogP contribution in [0, 0.1) is 10.1 Å². The zero-order valence-electron chi connectivity index (χ0n) is 16.9. The summed E-state index contributed by atoms with van der Waals surface area (Å²) in [6.07, 6.45) is 3.48. The summed E-state index contributed by atoms with van der Waals surface area (Å²) in [6, 6.07) is 10.5. The Kier molecular flexibility index (Phi) is 7.56. The Morgan fingerprint density at radius 2 is 2.03 bits per heavy atom. The Morgan fingerprint density at radius 1 is 1.27 bits per heavy atom. The highest BCUT2D eigenvalue weighted by molar-refractivity contribution is 7.99. The molecule has 1 N–H and O–H groups in total. The number of aliphatic hydroxyl groups excluding tert-OH is 1. The fourth-order valence-corrected chi connectivity index (χ4v) is 4.15. The summed E-state index contributed by atoms with van der Waals surface area (Å²) in [7, 11) is 0. The first-order valence-electron chi connectivity index (χ1n) is 9.58. The van der Waals surface area contributed by atoms with E-state index in [1.54, 1.807) is 24.5 Å². The number of aliphatic hydroxyl groups is 1. The molecule has 0 radical (unpaired) electrons. The molecule has 1 aromatic carbocycles. The van der Waals surface area contributed by atoms with Crippen molar-refractivity contribution in [2.24, 2.45) is 0 Å². The maximum Gasteiger partial charge on any atom is 0.270 e. The number of ether oxygens (including phenoxy) is 1. The van der Waals surface area contributed by atoms with Crippen LogP contribution < -0.4 is 0 Å². The molecule has 158 valence electrons. The van der Waals surface area contributed by atoms with Crippen molar-refractivity contribution in [2.45, 2.75) is 42.8 Å².